The van der Waals surface area contributed by atoms with E-state index in [9.17, 15) is 28.9 Å². The van der Waals surface area contributed by atoms with Crippen LogP contribution >= 0.6 is 7.82 Å². The number of nitrogens with two attached hydrogens (primary N) is 1. The molecule has 61 heavy (non-hydrogen) atoms. The van der Waals surface area contributed by atoms with Crippen LogP contribution in [0.25, 0.3) is 0 Å². The van der Waals surface area contributed by atoms with Crippen LogP contribution in [0.15, 0.2) is 60.8 Å². The number of allylic oxidation sites excluding steroid dienone is 8. The van der Waals surface area contributed by atoms with E-state index in [0.717, 1.165) is 38.5 Å². The molecule has 0 aromatic rings. The Morgan fingerprint density at radius 2 is 1.10 bits per heavy atom. The Morgan fingerprint density at radius 3 is 1.66 bits per heavy atom. The van der Waals surface area contributed by atoms with Crippen molar-refractivity contribution in [1.29, 1.82) is 0 Å². The van der Waals surface area contributed by atoms with Gasteiger partial charge >= 0.3 is 25.7 Å². The lowest BCUT2D eigenvalue weighted by atomic mass is 10.0. The number of aliphatic hydroxyl groups excluding tert-OH is 1. The number of hydrogen-bond acceptors (Lipinski definition) is 10. The molecular formula is C48H84NO11P. The summed E-state index contributed by atoms with van der Waals surface area (Å²) in [5.74, 6) is -2.48. The second-order valence-corrected chi connectivity index (χ2v) is 17.2. The standard InChI is InChI=1S/C48H84NO11P/c1-3-5-7-8-9-10-11-12-13-14-15-16-17-18-22-25-28-31-34-38-46(51)57-40-44(41-58-61(55,56)59-42-45(49)48(53)54)60-47(52)39-35-32-29-26-23-20-19-21-24-27-30-33-37-43(50)36-6-4-2/h6,19-20,24,26-27,29-30,33,36,43-45,50H,3-5,7-18,21-23,25,28,31-32,34-35,37-42,49H2,1-2H3,(H,53,54)(H,55,56)/b20-19-,27-24-,29-26-,33-30+,36-6-/t43?,44-,45+/m1/s1. The number of aliphatic carboxylic acids is 1. The first-order chi connectivity index (χ1) is 29.5. The van der Waals surface area contributed by atoms with Crippen LogP contribution < -0.4 is 5.73 Å². The Kier molecular flexibility index (Phi) is 40.5. The van der Waals surface area contributed by atoms with Crippen LogP contribution in [0.1, 0.15) is 187 Å². The first-order valence-electron chi connectivity index (χ1n) is 23.4. The smallest absolute Gasteiger partial charge is 0.472 e. The molecule has 4 atom stereocenters. The molecule has 0 aliphatic heterocycles. The second-order valence-electron chi connectivity index (χ2n) is 15.7. The Morgan fingerprint density at radius 1 is 0.607 bits per heavy atom. The van der Waals surface area contributed by atoms with E-state index in [1.165, 1.54) is 96.3 Å². The number of phosphoric ester groups is 1. The van der Waals surface area contributed by atoms with Crippen LogP contribution in [-0.4, -0.2) is 71.1 Å². The third-order valence-corrected chi connectivity index (χ3v) is 10.8. The monoisotopic (exact) mass is 882 g/mol. The van der Waals surface area contributed by atoms with Crippen LogP contribution in [0.2, 0.25) is 0 Å². The number of aliphatic hydroxyl groups is 1. The number of ether oxygens (including phenoxy) is 2. The predicted octanol–water partition coefficient (Wildman–Crippen LogP) is 11.7. The molecule has 2 unspecified atom stereocenters. The molecule has 352 valence electrons. The van der Waals surface area contributed by atoms with Crippen LogP contribution in [0.4, 0.5) is 0 Å². The molecule has 0 aromatic heterocycles. The molecule has 0 radical (unpaired) electrons. The summed E-state index contributed by atoms with van der Waals surface area (Å²) in [6.07, 6.45) is 46.4. The fourth-order valence-electron chi connectivity index (χ4n) is 6.18. The molecule has 0 rings (SSSR count). The second kappa shape index (κ2) is 42.4. The SMILES string of the molecule is CC/C=C\C(O)C/C=C/C=C\C/C=C\C/C=C\CCCC(=O)O[C@H](COC(=O)CCCCCCCCCCCCCCCCCCCCC)COP(=O)(O)OC[C@H](N)C(=O)O. The van der Waals surface area contributed by atoms with Crippen molar-refractivity contribution >= 4 is 25.7 Å². The van der Waals surface area contributed by atoms with Crippen molar-refractivity contribution in [1.82, 2.24) is 0 Å². The Hall–Kier alpha value is -2.86. The van der Waals surface area contributed by atoms with E-state index >= 15 is 0 Å². The van der Waals surface area contributed by atoms with Gasteiger partial charge in [-0.2, -0.15) is 0 Å². The summed E-state index contributed by atoms with van der Waals surface area (Å²) in [6.45, 7) is 2.52. The summed E-state index contributed by atoms with van der Waals surface area (Å²) in [6, 6.07) is -1.54. The average molecular weight is 882 g/mol. The molecule has 0 aromatic carbocycles. The van der Waals surface area contributed by atoms with Crippen LogP contribution in [0.3, 0.4) is 0 Å². The van der Waals surface area contributed by atoms with Crippen LogP contribution in [0, 0.1) is 0 Å². The molecular weight excluding hydrogens is 797 g/mol. The molecule has 0 saturated heterocycles. The topological polar surface area (TPSA) is 192 Å². The molecule has 13 heteroatoms. The number of carboxylic acid groups (broad SMARTS) is 1. The fourth-order valence-corrected chi connectivity index (χ4v) is 6.96. The van der Waals surface area contributed by atoms with Crippen molar-refractivity contribution in [3.05, 3.63) is 60.8 Å². The quantitative estimate of drug-likeness (QED) is 0.0149. The first kappa shape index (κ1) is 58.1. The van der Waals surface area contributed by atoms with Gasteiger partial charge in [-0.05, 0) is 44.9 Å². The maximum Gasteiger partial charge on any atom is 0.472 e. The third kappa shape index (κ3) is 42.2. The number of carboxylic acids is 1. The molecule has 5 N–H and O–H groups in total. The molecule has 0 aliphatic rings. The van der Waals surface area contributed by atoms with E-state index in [2.05, 4.69) is 17.5 Å². The van der Waals surface area contributed by atoms with Crippen molar-refractivity contribution in [2.45, 2.75) is 205 Å². The zero-order chi connectivity index (χ0) is 45.1. The van der Waals surface area contributed by atoms with Gasteiger partial charge in [0.05, 0.1) is 19.3 Å². The third-order valence-electron chi connectivity index (χ3n) is 9.85. The molecule has 0 saturated carbocycles. The number of carbonyl (C=O) groups is 3. The van der Waals surface area contributed by atoms with Crippen molar-refractivity contribution in [2.75, 3.05) is 19.8 Å². The number of esters is 2. The Balaban J connectivity index is 4.41. The average Bonchev–Trinajstić information content (AvgIpc) is 3.23. The van der Waals surface area contributed by atoms with Crippen LogP contribution in [0.5, 0.6) is 0 Å². The molecule has 0 fully saturated rings. The fraction of sp³-hybridized carbons (Fsp3) is 0.729. The van der Waals surface area contributed by atoms with Crippen LogP contribution in [-0.2, 0) is 37.5 Å². The lowest BCUT2D eigenvalue weighted by Crippen LogP contribution is -2.34. The number of carbonyl (C=O) groups excluding carboxylic acids is 2. The van der Waals surface area contributed by atoms with Gasteiger partial charge in [-0.25, -0.2) is 4.57 Å². The van der Waals surface area contributed by atoms with Gasteiger partial charge in [0.15, 0.2) is 6.10 Å². The van der Waals surface area contributed by atoms with Gasteiger partial charge in [-0.1, -0.05) is 190 Å². The highest BCUT2D eigenvalue weighted by atomic mass is 31.2. The van der Waals surface area contributed by atoms with Crippen molar-refractivity contribution in [3.63, 3.8) is 0 Å². The highest BCUT2D eigenvalue weighted by Crippen LogP contribution is 2.43. The summed E-state index contributed by atoms with van der Waals surface area (Å²) >= 11 is 0. The molecule has 0 aliphatic carbocycles. The molecule has 12 nitrogen and oxygen atoms in total. The highest BCUT2D eigenvalue weighted by molar-refractivity contribution is 7.47. The van der Waals surface area contributed by atoms with Gasteiger partial charge in [0.25, 0.3) is 0 Å². The maximum atomic E-state index is 12.6. The van der Waals surface area contributed by atoms with E-state index in [1.807, 2.05) is 55.5 Å². The summed E-state index contributed by atoms with van der Waals surface area (Å²) < 4.78 is 32.7. The van der Waals surface area contributed by atoms with Gasteiger partial charge in [0, 0.05) is 12.8 Å². The van der Waals surface area contributed by atoms with Gasteiger partial charge < -0.3 is 30.3 Å². The minimum Gasteiger partial charge on any atom is -0.480 e. The van der Waals surface area contributed by atoms with E-state index < -0.39 is 57.2 Å². The van der Waals surface area contributed by atoms with Gasteiger partial charge in [-0.3, -0.25) is 23.4 Å². The van der Waals surface area contributed by atoms with E-state index in [1.54, 1.807) is 6.08 Å². The van der Waals surface area contributed by atoms with Gasteiger partial charge in [-0.15, -0.1) is 0 Å². The highest BCUT2D eigenvalue weighted by Gasteiger charge is 2.28. The zero-order valence-electron chi connectivity index (χ0n) is 37.9. The normalized spacial score (nSPS) is 14.7. The minimum atomic E-state index is -4.75. The number of hydrogen-bond donors (Lipinski definition) is 4. The Labute approximate surface area is 369 Å². The number of phosphoric acid groups is 1. The summed E-state index contributed by atoms with van der Waals surface area (Å²) in [7, 11) is -4.75. The van der Waals surface area contributed by atoms with Gasteiger partial charge in [0.2, 0.25) is 0 Å². The van der Waals surface area contributed by atoms with E-state index in [4.69, 9.17) is 24.8 Å². The maximum absolute atomic E-state index is 12.6. The van der Waals surface area contributed by atoms with E-state index in [-0.39, 0.29) is 19.4 Å². The molecule has 0 amide bonds. The molecule has 0 bridgehead atoms. The van der Waals surface area contributed by atoms with Crippen molar-refractivity contribution in [2.24, 2.45) is 5.73 Å². The number of unbranched alkanes of at least 4 members (excludes halogenated alkanes) is 19. The predicted molar refractivity (Wildman–Crippen MR) is 246 cm³/mol. The Bertz CT molecular complexity index is 1280. The largest absolute Gasteiger partial charge is 0.480 e. The van der Waals surface area contributed by atoms with Crippen molar-refractivity contribution in [3.8, 4) is 0 Å². The number of rotatable bonds is 43. The van der Waals surface area contributed by atoms with Gasteiger partial charge in [0.1, 0.15) is 12.6 Å². The molecule has 0 spiro atoms. The summed E-state index contributed by atoms with van der Waals surface area (Å²) in [4.78, 5) is 46.0. The van der Waals surface area contributed by atoms with E-state index in [0.29, 0.717) is 25.7 Å². The summed E-state index contributed by atoms with van der Waals surface area (Å²) in [5, 5.41) is 18.7. The summed E-state index contributed by atoms with van der Waals surface area (Å²) in [5.41, 5.74) is 5.33. The first-order valence-corrected chi connectivity index (χ1v) is 24.9. The van der Waals surface area contributed by atoms with Crippen molar-refractivity contribution < 1.29 is 52.6 Å². The zero-order valence-corrected chi connectivity index (χ0v) is 38.7. The lowest BCUT2D eigenvalue weighted by molar-refractivity contribution is -0.161. The lowest BCUT2D eigenvalue weighted by Gasteiger charge is -2.20. The molecule has 0 heterocycles. The minimum absolute atomic E-state index is 0.0644.